The number of sulfonamides is 1. The zero-order chi connectivity index (χ0) is 28.8. The molecule has 2 aromatic carbocycles. The third-order valence-electron chi connectivity index (χ3n) is 6.54. The first-order valence-electron chi connectivity index (χ1n) is 13.0. The molecule has 0 unspecified atom stereocenters. The summed E-state index contributed by atoms with van der Waals surface area (Å²) in [4.78, 5) is 36.2. The second-order valence-corrected chi connectivity index (χ2v) is 12.2. The minimum atomic E-state index is -4.31. The van der Waals surface area contributed by atoms with Crippen LogP contribution in [0, 0.1) is 5.92 Å². The third-order valence-corrected chi connectivity index (χ3v) is 8.46. The summed E-state index contributed by atoms with van der Waals surface area (Å²) in [6.45, 7) is 6.41. The Morgan fingerprint density at radius 3 is 2.26 bits per heavy atom. The summed E-state index contributed by atoms with van der Waals surface area (Å²) >= 11 is 0. The number of alkyl carbamates (subject to hydrolysis) is 1. The minimum Gasteiger partial charge on any atom is -0.446 e. The lowest BCUT2D eigenvalue weighted by molar-refractivity contribution is -0.118. The van der Waals surface area contributed by atoms with Gasteiger partial charge in [0.25, 0.3) is 0 Å². The number of benzene rings is 2. The van der Waals surface area contributed by atoms with Gasteiger partial charge in [-0.05, 0) is 49.1 Å². The second kappa shape index (κ2) is 12.7. The second-order valence-electron chi connectivity index (χ2n) is 10.3. The van der Waals surface area contributed by atoms with Gasteiger partial charge in [-0.2, -0.15) is 4.31 Å². The van der Waals surface area contributed by atoms with Gasteiger partial charge in [-0.15, -0.1) is 0 Å². The molecule has 0 bridgehead atoms. The Labute approximate surface area is 229 Å². The highest BCUT2D eigenvalue weighted by Crippen LogP contribution is 2.32. The van der Waals surface area contributed by atoms with Crippen LogP contribution in [-0.4, -0.2) is 60.0 Å². The van der Waals surface area contributed by atoms with E-state index >= 15 is 0 Å². The number of carbonyl (C=O) groups is 3. The predicted molar refractivity (Wildman–Crippen MR) is 146 cm³/mol. The number of rotatable bonds is 11. The predicted octanol–water partition coefficient (Wildman–Crippen LogP) is 3.46. The number of ketones is 1. The van der Waals surface area contributed by atoms with E-state index in [4.69, 9.17) is 4.74 Å². The number of hydrogen-bond donors (Lipinski definition) is 3. The van der Waals surface area contributed by atoms with Crippen molar-refractivity contribution in [3.63, 3.8) is 0 Å². The van der Waals surface area contributed by atoms with Gasteiger partial charge in [-0.3, -0.25) is 14.9 Å². The zero-order valence-corrected chi connectivity index (χ0v) is 23.5. The van der Waals surface area contributed by atoms with Crippen molar-refractivity contribution in [2.24, 2.45) is 5.92 Å². The Balaban J connectivity index is 2.09. The number of nitrogens with zero attached hydrogens (tertiary/aromatic N) is 1. The summed E-state index contributed by atoms with van der Waals surface area (Å²) in [6, 6.07) is 14.6. The smallest absolute Gasteiger partial charge is 0.409 e. The van der Waals surface area contributed by atoms with Crippen LogP contribution in [0.1, 0.15) is 52.5 Å². The molecule has 1 aliphatic rings. The molecule has 39 heavy (non-hydrogen) atoms. The number of nitrogens with one attached hydrogen (secondary N) is 2. The monoisotopic (exact) mass is 559 g/mol. The molecule has 11 heteroatoms. The fourth-order valence-corrected chi connectivity index (χ4v) is 6.57. The highest BCUT2D eigenvalue weighted by molar-refractivity contribution is 7.89. The number of Topliss-reactive ketones (excluding diaryl/α,β-unsaturated/α-hetero) is 1. The standard InChI is InChI=1S/C28H37N3O7S/c1-19(2)18-31(39(36,37)26-14-10-23(11-15-26)29-21(4)33)28(20(3)32,17-22-8-6-5-7-9-22)30-27(35)38-25-13-12-24(34)16-25/h5-11,14-15,19-20,25,32H,12-13,16-18H2,1-4H3,(H,29,33)(H,30,35)/t20-,25+,28+/m1/s1. The molecule has 0 spiro atoms. The van der Waals surface area contributed by atoms with Crippen molar-refractivity contribution in [3.05, 3.63) is 60.2 Å². The van der Waals surface area contributed by atoms with Gasteiger partial charge in [0.2, 0.25) is 15.9 Å². The minimum absolute atomic E-state index is 0.00871. The molecule has 2 amide bonds. The van der Waals surface area contributed by atoms with Gasteiger partial charge >= 0.3 is 6.09 Å². The van der Waals surface area contributed by atoms with Crippen molar-refractivity contribution < 1.29 is 32.6 Å². The number of aliphatic hydroxyl groups is 1. The summed E-state index contributed by atoms with van der Waals surface area (Å²) in [5.41, 5.74) is -0.726. The van der Waals surface area contributed by atoms with Crippen molar-refractivity contribution in [1.82, 2.24) is 9.62 Å². The summed E-state index contributed by atoms with van der Waals surface area (Å²) in [7, 11) is -4.31. The average Bonchev–Trinajstić information content (AvgIpc) is 3.26. The maximum Gasteiger partial charge on any atom is 0.409 e. The van der Waals surface area contributed by atoms with Crippen molar-refractivity contribution >= 4 is 33.5 Å². The average molecular weight is 560 g/mol. The fourth-order valence-electron chi connectivity index (χ4n) is 4.65. The Bertz CT molecular complexity index is 1260. The quantitative estimate of drug-likeness (QED) is 0.358. The Kier molecular flexibility index (Phi) is 9.87. The first-order valence-corrected chi connectivity index (χ1v) is 14.4. The van der Waals surface area contributed by atoms with Crippen LogP contribution in [0.15, 0.2) is 59.5 Å². The van der Waals surface area contributed by atoms with Crippen molar-refractivity contribution in [2.45, 2.75) is 76.1 Å². The van der Waals surface area contributed by atoms with Crippen LogP contribution >= 0.6 is 0 Å². The molecule has 2 aromatic rings. The molecule has 3 rings (SSSR count). The van der Waals surface area contributed by atoms with E-state index in [9.17, 15) is 27.9 Å². The highest BCUT2D eigenvalue weighted by Gasteiger charge is 2.50. The van der Waals surface area contributed by atoms with E-state index in [-0.39, 0.29) is 41.9 Å². The van der Waals surface area contributed by atoms with Crippen LogP contribution in [0.5, 0.6) is 0 Å². The third kappa shape index (κ3) is 7.65. The van der Waals surface area contributed by atoms with Gasteiger partial charge in [0.1, 0.15) is 17.6 Å². The number of amides is 2. The van der Waals surface area contributed by atoms with Crippen LogP contribution < -0.4 is 10.6 Å². The zero-order valence-electron chi connectivity index (χ0n) is 22.7. The van der Waals surface area contributed by atoms with E-state index < -0.39 is 34.0 Å². The van der Waals surface area contributed by atoms with Gasteiger partial charge in [-0.25, -0.2) is 13.2 Å². The number of carbonyl (C=O) groups excluding carboxylic acids is 3. The SMILES string of the molecule is CC(=O)Nc1ccc(S(=O)(=O)N(CC(C)C)[C@](Cc2ccccc2)(NC(=O)O[C@H]2CCC(=O)C2)[C@@H](C)O)cc1. The first kappa shape index (κ1) is 30.3. The molecule has 0 radical (unpaired) electrons. The summed E-state index contributed by atoms with van der Waals surface area (Å²) in [5.74, 6) is -0.488. The van der Waals surface area contributed by atoms with Crippen molar-refractivity contribution in [3.8, 4) is 0 Å². The van der Waals surface area contributed by atoms with Crippen molar-refractivity contribution in [2.75, 3.05) is 11.9 Å². The van der Waals surface area contributed by atoms with E-state index in [1.54, 1.807) is 24.3 Å². The molecule has 3 N–H and O–H groups in total. The summed E-state index contributed by atoms with van der Waals surface area (Å²) in [5, 5.41) is 16.5. The number of aliphatic hydroxyl groups excluding tert-OH is 1. The van der Waals surface area contributed by atoms with Gasteiger partial charge in [0, 0.05) is 38.4 Å². The Morgan fingerprint density at radius 2 is 1.74 bits per heavy atom. The van der Waals surface area contributed by atoms with Crippen LogP contribution in [0.4, 0.5) is 10.5 Å². The highest BCUT2D eigenvalue weighted by atomic mass is 32.2. The molecule has 1 saturated carbocycles. The Hall–Kier alpha value is -3.28. The maximum absolute atomic E-state index is 14.2. The topological polar surface area (TPSA) is 142 Å². The molecule has 1 aliphatic carbocycles. The molecule has 1 fully saturated rings. The molecule has 0 aliphatic heterocycles. The fraction of sp³-hybridized carbons (Fsp3) is 0.464. The molecule has 0 saturated heterocycles. The first-order chi connectivity index (χ1) is 18.3. The van der Waals surface area contributed by atoms with E-state index in [1.807, 2.05) is 19.9 Å². The Morgan fingerprint density at radius 1 is 1.10 bits per heavy atom. The van der Waals surface area contributed by atoms with Crippen molar-refractivity contribution in [1.29, 1.82) is 0 Å². The van der Waals surface area contributed by atoms with Gasteiger partial charge < -0.3 is 15.2 Å². The van der Waals surface area contributed by atoms with Crippen LogP contribution in [0.3, 0.4) is 0 Å². The maximum atomic E-state index is 14.2. The van der Waals surface area contributed by atoms with Gasteiger partial charge in [-0.1, -0.05) is 44.2 Å². The summed E-state index contributed by atoms with van der Waals surface area (Å²) in [6.07, 6.45) is -2.16. The lowest BCUT2D eigenvalue weighted by Gasteiger charge is -2.46. The summed E-state index contributed by atoms with van der Waals surface area (Å²) < 4.78 is 35.0. The van der Waals surface area contributed by atoms with E-state index in [2.05, 4.69) is 10.6 Å². The number of ether oxygens (including phenoxy) is 1. The van der Waals surface area contributed by atoms with E-state index in [0.29, 0.717) is 24.1 Å². The van der Waals surface area contributed by atoms with Crippen LogP contribution in [0.25, 0.3) is 0 Å². The largest absolute Gasteiger partial charge is 0.446 e. The number of anilines is 1. The molecule has 10 nitrogen and oxygen atoms in total. The molecular weight excluding hydrogens is 522 g/mol. The number of hydrogen-bond acceptors (Lipinski definition) is 7. The molecule has 0 aromatic heterocycles. The van der Waals surface area contributed by atoms with E-state index in [0.717, 1.165) is 4.31 Å². The van der Waals surface area contributed by atoms with Crippen LogP contribution in [-0.2, 0) is 30.8 Å². The lowest BCUT2D eigenvalue weighted by Crippen LogP contribution is -2.69. The molecule has 212 valence electrons. The molecule has 3 atom stereocenters. The normalized spacial score (nSPS) is 18.0. The molecular formula is C28H37N3O7S. The van der Waals surface area contributed by atoms with Gasteiger partial charge in [0.15, 0.2) is 0 Å². The van der Waals surface area contributed by atoms with Gasteiger partial charge in [0.05, 0.1) is 11.0 Å². The lowest BCUT2D eigenvalue weighted by atomic mass is 9.93. The van der Waals surface area contributed by atoms with Crippen LogP contribution in [0.2, 0.25) is 0 Å². The molecule has 0 heterocycles. The van der Waals surface area contributed by atoms with E-state index in [1.165, 1.54) is 38.1 Å².